The van der Waals surface area contributed by atoms with Crippen molar-refractivity contribution in [1.29, 1.82) is 0 Å². The van der Waals surface area contributed by atoms with Gasteiger partial charge in [-0.05, 0) is 10.9 Å². The maximum absolute atomic E-state index is 4.11. The predicted octanol–water partition coefficient (Wildman–Crippen LogP) is 5.72. The average molecular weight is 361 g/mol. The van der Waals surface area contributed by atoms with Gasteiger partial charge in [0, 0.05) is 0 Å². The third-order valence-electron chi connectivity index (χ3n) is 2.81. The number of halogens is 1. The van der Waals surface area contributed by atoms with Crippen LogP contribution in [0.3, 0.4) is 0 Å². The van der Waals surface area contributed by atoms with Crippen LogP contribution in [0.5, 0.6) is 0 Å². The zero-order valence-corrected chi connectivity index (χ0v) is 16.8. The summed E-state index contributed by atoms with van der Waals surface area (Å²) in [4.78, 5) is 0. The Kier molecular flexibility index (Phi) is 5.38. The van der Waals surface area contributed by atoms with Crippen LogP contribution in [-0.2, 0) is 3.28 Å². The molecule has 0 heterocycles. The summed E-state index contributed by atoms with van der Waals surface area (Å²) in [6.45, 7) is 14.7. The summed E-state index contributed by atoms with van der Waals surface area (Å²) in [5, 5.41) is 1.30. The second-order valence-corrected chi connectivity index (χ2v) is 22.3. The van der Waals surface area contributed by atoms with Crippen LogP contribution >= 0.6 is 27.7 Å². The van der Waals surface area contributed by atoms with Crippen molar-refractivity contribution in [2.75, 3.05) is 5.38 Å². The maximum atomic E-state index is 4.11. The van der Waals surface area contributed by atoms with Crippen LogP contribution < -0.4 is 0 Å². The number of thioether (sulfide) groups is 1. The van der Waals surface area contributed by atoms with Crippen molar-refractivity contribution in [3.63, 3.8) is 0 Å². The standard InChI is InChI=1S/C14H25BrSSi2/c1-17(2,3)12-16-14(15,18(4,5)6)13-10-8-7-9-11-13/h7-11H,12H2,1-6H3. The minimum atomic E-state index is -1.35. The van der Waals surface area contributed by atoms with Gasteiger partial charge in [-0.25, -0.2) is 0 Å². The lowest BCUT2D eigenvalue weighted by Crippen LogP contribution is -2.44. The molecule has 1 aromatic carbocycles. The van der Waals surface area contributed by atoms with Gasteiger partial charge in [-0.1, -0.05) is 85.5 Å². The molecule has 1 unspecified atom stereocenters. The van der Waals surface area contributed by atoms with E-state index in [9.17, 15) is 0 Å². The van der Waals surface area contributed by atoms with Crippen molar-refractivity contribution in [2.24, 2.45) is 0 Å². The fraction of sp³-hybridized carbons (Fsp3) is 0.571. The Morgan fingerprint density at radius 2 is 1.50 bits per heavy atom. The van der Waals surface area contributed by atoms with Gasteiger partial charge in [0.05, 0.1) is 19.4 Å². The summed E-state index contributed by atoms with van der Waals surface area (Å²) in [5.74, 6) is 0. The molecular weight excluding hydrogens is 336 g/mol. The van der Waals surface area contributed by atoms with E-state index in [1.165, 1.54) is 10.9 Å². The molecule has 1 rings (SSSR count). The van der Waals surface area contributed by atoms with E-state index in [0.717, 1.165) is 0 Å². The van der Waals surface area contributed by atoms with Gasteiger partial charge < -0.3 is 0 Å². The molecule has 0 saturated carbocycles. The number of hydrogen-bond acceptors (Lipinski definition) is 1. The quantitative estimate of drug-likeness (QED) is 0.477. The molecule has 0 fully saturated rings. The van der Waals surface area contributed by atoms with Crippen LogP contribution in [0, 0.1) is 0 Å². The van der Waals surface area contributed by atoms with Gasteiger partial charge in [-0.2, -0.15) is 0 Å². The molecule has 1 aromatic rings. The summed E-state index contributed by atoms with van der Waals surface area (Å²) in [6, 6.07) is 10.9. The minimum absolute atomic E-state index is 0.140. The van der Waals surface area contributed by atoms with Gasteiger partial charge in [-0.15, -0.1) is 11.8 Å². The molecule has 0 aliphatic carbocycles. The Morgan fingerprint density at radius 3 is 1.89 bits per heavy atom. The lowest BCUT2D eigenvalue weighted by molar-refractivity contribution is 1.21. The molecule has 1 atom stereocenters. The number of benzene rings is 1. The molecule has 0 amide bonds. The molecule has 0 radical (unpaired) electrons. The second-order valence-electron chi connectivity index (χ2n) is 7.06. The van der Waals surface area contributed by atoms with E-state index in [1.807, 2.05) is 0 Å². The molecule has 0 bridgehead atoms. The molecule has 102 valence electrons. The Labute approximate surface area is 127 Å². The van der Waals surface area contributed by atoms with E-state index in [4.69, 9.17) is 0 Å². The predicted molar refractivity (Wildman–Crippen MR) is 96.2 cm³/mol. The number of rotatable bonds is 5. The molecule has 0 spiro atoms. The second kappa shape index (κ2) is 5.86. The third-order valence-corrected chi connectivity index (χ3v) is 16.7. The minimum Gasteiger partial charge on any atom is -0.145 e. The number of hydrogen-bond donors (Lipinski definition) is 0. The van der Waals surface area contributed by atoms with Gasteiger partial charge in [0.1, 0.15) is 0 Å². The fourth-order valence-corrected chi connectivity index (χ4v) is 9.24. The Hall–Kier alpha value is 0.484. The molecule has 0 N–H and O–H groups in total. The highest BCUT2D eigenvalue weighted by atomic mass is 79.9. The lowest BCUT2D eigenvalue weighted by atomic mass is 10.2. The lowest BCUT2D eigenvalue weighted by Gasteiger charge is -2.40. The average Bonchev–Trinajstić information content (AvgIpc) is 2.24. The Morgan fingerprint density at radius 1 is 1.00 bits per heavy atom. The van der Waals surface area contributed by atoms with Gasteiger partial charge in [0.2, 0.25) is 0 Å². The summed E-state index contributed by atoms with van der Waals surface area (Å²) >= 11 is 6.24. The van der Waals surface area contributed by atoms with Crippen LogP contribution in [0.1, 0.15) is 5.56 Å². The van der Waals surface area contributed by atoms with Crippen molar-refractivity contribution in [3.05, 3.63) is 35.9 Å². The van der Waals surface area contributed by atoms with Crippen LogP contribution in [0.25, 0.3) is 0 Å². The maximum Gasteiger partial charge on any atom is 0.0852 e. The fourth-order valence-electron chi connectivity index (χ4n) is 1.70. The van der Waals surface area contributed by atoms with E-state index in [1.54, 1.807) is 0 Å². The van der Waals surface area contributed by atoms with Crippen LogP contribution in [0.2, 0.25) is 39.3 Å². The first-order valence-corrected chi connectivity index (χ1v) is 15.4. The van der Waals surface area contributed by atoms with Crippen molar-refractivity contribution in [3.8, 4) is 0 Å². The van der Waals surface area contributed by atoms with Gasteiger partial charge >= 0.3 is 0 Å². The van der Waals surface area contributed by atoms with Crippen molar-refractivity contribution in [2.45, 2.75) is 42.6 Å². The van der Waals surface area contributed by atoms with Crippen molar-refractivity contribution < 1.29 is 0 Å². The Balaban J connectivity index is 3.05. The topological polar surface area (TPSA) is 0 Å². The van der Waals surface area contributed by atoms with Crippen LogP contribution in [-0.4, -0.2) is 21.5 Å². The van der Waals surface area contributed by atoms with E-state index >= 15 is 0 Å². The highest BCUT2D eigenvalue weighted by Gasteiger charge is 2.43. The summed E-state index contributed by atoms with van der Waals surface area (Å²) < 4.78 is 0.140. The van der Waals surface area contributed by atoms with Gasteiger partial charge in [0.15, 0.2) is 0 Å². The highest BCUT2D eigenvalue weighted by Crippen LogP contribution is 2.50. The number of alkyl halides is 1. The molecular formula is C14H25BrSSi2. The van der Waals surface area contributed by atoms with Gasteiger partial charge in [-0.3, -0.25) is 0 Å². The molecule has 4 heteroatoms. The monoisotopic (exact) mass is 360 g/mol. The van der Waals surface area contributed by atoms with Crippen molar-refractivity contribution >= 4 is 43.8 Å². The Bertz CT molecular complexity index is 381. The van der Waals surface area contributed by atoms with Gasteiger partial charge in [0.25, 0.3) is 0 Å². The zero-order chi connectivity index (χ0) is 14.0. The molecule has 0 saturated heterocycles. The van der Waals surface area contributed by atoms with E-state index in [2.05, 4.69) is 97.3 Å². The first-order valence-electron chi connectivity index (χ1n) is 6.45. The van der Waals surface area contributed by atoms with Crippen LogP contribution in [0.4, 0.5) is 0 Å². The molecule has 0 nitrogen and oxygen atoms in total. The van der Waals surface area contributed by atoms with E-state index in [0.29, 0.717) is 0 Å². The molecule has 0 aliphatic rings. The van der Waals surface area contributed by atoms with Crippen LogP contribution in [0.15, 0.2) is 30.3 Å². The summed E-state index contributed by atoms with van der Waals surface area (Å²) in [7, 11) is -2.37. The third kappa shape index (κ3) is 4.25. The SMILES string of the molecule is C[Si](C)(C)CSC(Br)(c1ccccc1)[Si](C)(C)C. The zero-order valence-electron chi connectivity index (χ0n) is 12.4. The first kappa shape index (κ1) is 16.5. The van der Waals surface area contributed by atoms with Crippen molar-refractivity contribution in [1.82, 2.24) is 0 Å². The van der Waals surface area contributed by atoms with E-state index < -0.39 is 16.1 Å². The molecule has 0 aromatic heterocycles. The first-order chi connectivity index (χ1) is 8.06. The molecule has 18 heavy (non-hydrogen) atoms. The summed E-state index contributed by atoms with van der Waals surface area (Å²) in [6.07, 6.45) is 0. The highest BCUT2D eigenvalue weighted by molar-refractivity contribution is 9.12. The smallest absolute Gasteiger partial charge is 0.0852 e. The molecule has 0 aliphatic heterocycles. The summed E-state index contributed by atoms with van der Waals surface area (Å²) in [5.41, 5.74) is 1.44. The normalized spacial score (nSPS) is 16.4. The largest absolute Gasteiger partial charge is 0.145 e. The van der Waals surface area contributed by atoms with E-state index in [-0.39, 0.29) is 3.28 Å².